The topological polar surface area (TPSA) is 84.0 Å². The van der Waals surface area contributed by atoms with Gasteiger partial charge in [-0.1, -0.05) is 41.1 Å². The fourth-order valence-corrected chi connectivity index (χ4v) is 3.55. The summed E-state index contributed by atoms with van der Waals surface area (Å²) in [5, 5.41) is 15.1. The predicted molar refractivity (Wildman–Crippen MR) is 103 cm³/mol. The second-order valence-corrected chi connectivity index (χ2v) is 7.44. The van der Waals surface area contributed by atoms with Gasteiger partial charge in [-0.25, -0.2) is 0 Å². The molecule has 0 spiro atoms. The monoisotopic (exact) mass is 424 g/mol. The first-order valence-electron chi connectivity index (χ1n) is 8.20. The molecule has 0 radical (unpaired) electrons. The van der Waals surface area contributed by atoms with Crippen LogP contribution in [0.3, 0.4) is 0 Å². The van der Waals surface area contributed by atoms with E-state index in [2.05, 4.69) is 50.6 Å². The van der Waals surface area contributed by atoms with Crippen LogP contribution >= 0.6 is 27.3 Å². The molecule has 2 amide bonds. The van der Waals surface area contributed by atoms with Gasteiger partial charge < -0.3 is 10.6 Å². The lowest BCUT2D eigenvalue weighted by molar-refractivity contribution is -0.116. The molecule has 6 nitrogen and oxygen atoms in total. The van der Waals surface area contributed by atoms with E-state index in [1.165, 1.54) is 11.3 Å². The molecule has 0 atom stereocenters. The van der Waals surface area contributed by atoms with Crippen LogP contribution in [0.15, 0.2) is 28.7 Å². The van der Waals surface area contributed by atoms with Crippen molar-refractivity contribution in [1.29, 1.82) is 0 Å². The van der Waals surface area contributed by atoms with E-state index < -0.39 is 0 Å². The summed E-state index contributed by atoms with van der Waals surface area (Å²) < 4.78 is 0.910. The Morgan fingerprint density at radius 2 is 1.84 bits per heavy atom. The molecule has 0 bridgehead atoms. The number of hydrogen-bond donors (Lipinski definition) is 2. The molecule has 134 valence electrons. The number of nitrogens with one attached hydrogen (secondary N) is 2. The van der Waals surface area contributed by atoms with E-state index in [1.54, 1.807) is 24.3 Å². The van der Waals surface area contributed by atoms with E-state index in [-0.39, 0.29) is 24.8 Å². The zero-order valence-corrected chi connectivity index (χ0v) is 16.6. The minimum atomic E-state index is -0.202. The minimum absolute atomic E-state index is 0.183. The van der Waals surface area contributed by atoms with Gasteiger partial charge in [0.25, 0.3) is 5.91 Å². The largest absolute Gasteiger partial charge is 0.352 e. The van der Waals surface area contributed by atoms with Crippen LogP contribution in [-0.4, -0.2) is 28.6 Å². The summed E-state index contributed by atoms with van der Waals surface area (Å²) in [6, 6.07) is 7.04. The maximum Gasteiger partial charge on any atom is 0.251 e. The van der Waals surface area contributed by atoms with Crippen LogP contribution in [0.1, 0.15) is 54.4 Å². The standard InChI is InChI=1S/C17H21BrN4O2S/c1-3-11(4-2)16-21-22-17(25-16)20-14(23)9-10-19-15(24)12-5-7-13(18)8-6-12/h5-8,11H,3-4,9-10H2,1-2H3,(H,19,24)(H,20,22,23). The smallest absolute Gasteiger partial charge is 0.251 e. The van der Waals surface area contributed by atoms with Crippen molar-refractivity contribution in [2.24, 2.45) is 0 Å². The molecule has 2 aromatic rings. The zero-order valence-electron chi connectivity index (χ0n) is 14.2. The maximum atomic E-state index is 12.0. The van der Waals surface area contributed by atoms with Crippen molar-refractivity contribution in [2.75, 3.05) is 11.9 Å². The lowest BCUT2D eigenvalue weighted by Gasteiger charge is -2.06. The normalized spacial score (nSPS) is 10.7. The second-order valence-electron chi connectivity index (χ2n) is 5.52. The average Bonchev–Trinajstić information content (AvgIpc) is 3.04. The molecule has 0 saturated carbocycles. The van der Waals surface area contributed by atoms with Gasteiger partial charge in [0.1, 0.15) is 5.01 Å². The second kappa shape index (κ2) is 9.62. The van der Waals surface area contributed by atoms with Crippen LogP contribution in [0.2, 0.25) is 0 Å². The number of rotatable bonds is 8. The van der Waals surface area contributed by atoms with Crippen molar-refractivity contribution in [3.63, 3.8) is 0 Å². The van der Waals surface area contributed by atoms with Gasteiger partial charge >= 0.3 is 0 Å². The Hall–Kier alpha value is -1.80. The van der Waals surface area contributed by atoms with Crippen LogP contribution in [0, 0.1) is 0 Å². The summed E-state index contributed by atoms with van der Waals surface area (Å²) in [7, 11) is 0. The molecule has 2 rings (SSSR count). The highest BCUT2D eigenvalue weighted by Gasteiger charge is 2.14. The number of carbonyl (C=O) groups excluding carboxylic acids is 2. The summed E-state index contributed by atoms with van der Waals surface area (Å²) in [6.07, 6.45) is 2.19. The van der Waals surface area contributed by atoms with Crippen molar-refractivity contribution in [2.45, 2.75) is 39.0 Å². The maximum absolute atomic E-state index is 12.0. The van der Waals surface area contributed by atoms with Gasteiger partial charge in [0, 0.05) is 28.9 Å². The van der Waals surface area contributed by atoms with Gasteiger partial charge in [-0.05, 0) is 37.1 Å². The number of anilines is 1. The number of hydrogen-bond acceptors (Lipinski definition) is 5. The third-order valence-corrected chi connectivity index (χ3v) is 5.30. The van der Waals surface area contributed by atoms with Crippen molar-refractivity contribution in [3.05, 3.63) is 39.3 Å². The molecule has 1 heterocycles. The molecule has 1 aromatic carbocycles. The molecule has 0 unspecified atom stereocenters. The van der Waals surface area contributed by atoms with Crippen LogP contribution in [0.5, 0.6) is 0 Å². The Labute approximate surface area is 159 Å². The molecule has 25 heavy (non-hydrogen) atoms. The van der Waals surface area contributed by atoms with Crippen molar-refractivity contribution < 1.29 is 9.59 Å². The van der Waals surface area contributed by atoms with E-state index in [0.29, 0.717) is 16.6 Å². The molecule has 0 fully saturated rings. The minimum Gasteiger partial charge on any atom is -0.352 e. The van der Waals surface area contributed by atoms with Crippen molar-refractivity contribution >= 4 is 44.2 Å². The van der Waals surface area contributed by atoms with E-state index in [1.807, 2.05) is 0 Å². The lowest BCUT2D eigenvalue weighted by Crippen LogP contribution is -2.27. The Morgan fingerprint density at radius 3 is 2.48 bits per heavy atom. The summed E-state index contributed by atoms with van der Waals surface area (Å²) in [5.74, 6) is -0.0102. The van der Waals surface area contributed by atoms with E-state index >= 15 is 0 Å². The Bertz CT molecular complexity index is 714. The summed E-state index contributed by atoms with van der Waals surface area (Å²) >= 11 is 4.73. The molecule has 0 aliphatic heterocycles. The van der Waals surface area contributed by atoms with E-state index in [0.717, 1.165) is 22.3 Å². The Morgan fingerprint density at radius 1 is 1.16 bits per heavy atom. The SMILES string of the molecule is CCC(CC)c1nnc(NC(=O)CCNC(=O)c2ccc(Br)cc2)s1. The van der Waals surface area contributed by atoms with Crippen LogP contribution < -0.4 is 10.6 Å². The molecular weight excluding hydrogens is 404 g/mol. The molecular formula is C17H21BrN4O2S. The number of nitrogens with zero attached hydrogens (tertiary/aromatic N) is 2. The van der Waals surface area contributed by atoms with Crippen molar-refractivity contribution in [1.82, 2.24) is 15.5 Å². The average molecular weight is 425 g/mol. The number of halogens is 1. The molecule has 0 aliphatic rings. The highest BCUT2D eigenvalue weighted by molar-refractivity contribution is 9.10. The summed E-state index contributed by atoms with van der Waals surface area (Å²) in [6.45, 7) is 4.49. The molecule has 0 saturated heterocycles. The molecule has 0 aliphatic carbocycles. The Balaban J connectivity index is 1.77. The first kappa shape index (κ1) is 19.5. The zero-order chi connectivity index (χ0) is 18.2. The van der Waals surface area contributed by atoms with Crippen LogP contribution in [0.25, 0.3) is 0 Å². The van der Waals surface area contributed by atoms with E-state index in [4.69, 9.17) is 0 Å². The predicted octanol–water partition coefficient (Wildman–Crippen LogP) is 3.96. The molecule has 1 aromatic heterocycles. The number of aromatic nitrogens is 2. The number of benzene rings is 1. The lowest BCUT2D eigenvalue weighted by atomic mass is 10.1. The number of amides is 2. The fourth-order valence-electron chi connectivity index (χ4n) is 2.26. The first-order valence-corrected chi connectivity index (χ1v) is 9.81. The summed E-state index contributed by atoms with van der Waals surface area (Å²) in [5.41, 5.74) is 0.558. The van der Waals surface area contributed by atoms with Crippen LogP contribution in [-0.2, 0) is 4.79 Å². The highest BCUT2D eigenvalue weighted by atomic mass is 79.9. The molecule has 2 N–H and O–H groups in total. The van der Waals surface area contributed by atoms with Gasteiger partial charge in [0.15, 0.2) is 0 Å². The van der Waals surface area contributed by atoms with Crippen LogP contribution in [0.4, 0.5) is 5.13 Å². The van der Waals surface area contributed by atoms with Gasteiger partial charge in [0.05, 0.1) is 0 Å². The van der Waals surface area contributed by atoms with E-state index in [9.17, 15) is 9.59 Å². The van der Waals surface area contributed by atoms with Crippen molar-refractivity contribution in [3.8, 4) is 0 Å². The fraction of sp³-hybridized carbons (Fsp3) is 0.412. The molecule has 8 heteroatoms. The van der Waals surface area contributed by atoms with Gasteiger partial charge in [-0.3, -0.25) is 9.59 Å². The number of carbonyl (C=O) groups is 2. The quantitative estimate of drug-likeness (QED) is 0.671. The van der Waals surface area contributed by atoms with Gasteiger partial charge in [-0.15, -0.1) is 10.2 Å². The third-order valence-electron chi connectivity index (χ3n) is 3.77. The third kappa shape index (κ3) is 5.89. The first-order chi connectivity index (χ1) is 12.0. The van der Waals surface area contributed by atoms with Gasteiger partial charge in [-0.2, -0.15) is 0 Å². The Kier molecular flexibility index (Phi) is 7.52. The highest BCUT2D eigenvalue weighted by Crippen LogP contribution is 2.27. The summed E-state index contributed by atoms with van der Waals surface area (Å²) in [4.78, 5) is 23.9. The van der Waals surface area contributed by atoms with Gasteiger partial charge in [0.2, 0.25) is 11.0 Å².